The molecule has 1 aliphatic rings. The van der Waals surface area contributed by atoms with Gasteiger partial charge in [0.2, 0.25) is 11.8 Å². The van der Waals surface area contributed by atoms with Crippen molar-refractivity contribution in [3.8, 4) is 5.75 Å². The lowest BCUT2D eigenvalue weighted by atomic mass is 10.1. The molecule has 0 spiro atoms. The van der Waals surface area contributed by atoms with Gasteiger partial charge in [0.05, 0.1) is 12.8 Å². The van der Waals surface area contributed by atoms with Gasteiger partial charge in [-0.2, -0.15) is 0 Å². The Morgan fingerprint density at radius 2 is 1.87 bits per heavy atom. The molecule has 2 aromatic carbocycles. The van der Waals surface area contributed by atoms with E-state index < -0.39 is 5.92 Å². The van der Waals surface area contributed by atoms with Crippen molar-refractivity contribution < 1.29 is 18.7 Å². The third kappa shape index (κ3) is 4.38. The second-order valence-electron chi connectivity index (χ2n) is 7.37. The van der Waals surface area contributed by atoms with Gasteiger partial charge in [-0.15, -0.1) is 0 Å². The minimum absolute atomic E-state index is 0.163. The number of hydrogen-bond donors (Lipinski definition) is 0. The van der Waals surface area contributed by atoms with Gasteiger partial charge < -0.3 is 19.0 Å². The largest absolute Gasteiger partial charge is 0.489 e. The minimum Gasteiger partial charge on any atom is -0.489 e. The molecule has 0 aliphatic carbocycles. The average Bonchev–Trinajstić information content (AvgIpc) is 3.42. The highest BCUT2D eigenvalue weighted by Crippen LogP contribution is 2.28. The lowest BCUT2D eigenvalue weighted by molar-refractivity contribution is -0.139. The smallest absolute Gasteiger partial charge is 0.239 e. The molecule has 1 fully saturated rings. The van der Waals surface area contributed by atoms with Crippen LogP contribution in [-0.2, 0) is 22.7 Å². The molecular formula is C24H24N2O4. The molecule has 6 nitrogen and oxygen atoms in total. The van der Waals surface area contributed by atoms with Gasteiger partial charge >= 0.3 is 0 Å². The van der Waals surface area contributed by atoms with Crippen molar-refractivity contribution in [3.05, 3.63) is 84.3 Å². The lowest BCUT2D eigenvalue weighted by Gasteiger charge is -2.20. The van der Waals surface area contributed by atoms with Crippen LogP contribution in [0.4, 0.5) is 5.69 Å². The predicted molar refractivity (Wildman–Crippen MR) is 113 cm³/mol. The van der Waals surface area contributed by atoms with Crippen molar-refractivity contribution in [2.24, 2.45) is 5.92 Å². The maximum Gasteiger partial charge on any atom is 0.239 e. The molecule has 2 heterocycles. The summed E-state index contributed by atoms with van der Waals surface area (Å²) in [5, 5.41) is 0. The highest BCUT2D eigenvalue weighted by atomic mass is 16.5. The van der Waals surface area contributed by atoms with Gasteiger partial charge in [0.15, 0.2) is 0 Å². The van der Waals surface area contributed by atoms with Crippen molar-refractivity contribution in [3.63, 3.8) is 0 Å². The zero-order valence-electron chi connectivity index (χ0n) is 16.9. The molecule has 1 atom stereocenters. The molecule has 6 heteroatoms. The van der Waals surface area contributed by atoms with Crippen LogP contribution in [0.5, 0.6) is 5.75 Å². The van der Waals surface area contributed by atoms with E-state index in [1.54, 1.807) is 29.2 Å². The first-order valence-electron chi connectivity index (χ1n) is 9.97. The fourth-order valence-corrected chi connectivity index (χ4v) is 3.61. The van der Waals surface area contributed by atoms with E-state index in [4.69, 9.17) is 9.15 Å². The monoisotopic (exact) mass is 404 g/mol. The van der Waals surface area contributed by atoms with Crippen LogP contribution in [0, 0.1) is 5.92 Å². The van der Waals surface area contributed by atoms with E-state index in [1.807, 2.05) is 60.7 Å². The number of hydrogen-bond acceptors (Lipinski definition) is 4. The lowest BCUT2D eigenvalue weighted by Crippen LogP contribution is -2.37. The number of nitrogens with zero attached hydrogens (tertiary/aromatic N) is 2. The van der Waals surface area contributed by atoms with Crippen molar-refractivity contribution in [1.82, 2.24) is 4.90 Å². The number of benzene rings is 2. The average molecular weight is 404 g/mol. The van der Waals surface area contributed by atoms with Crippen LogP contribution in [0.1, 0.15) is 17.7 Å². The van der Waals surface area contributed by atoms with Gasteiger partial charge in [-0.3, -0.25) is 9.59 Å². The molecule has 1 unspecified atom stereocenters. The zero-order valence-corrected chi connectivity index (χ0v) is 16.9. The number of furan rings is 1. The van der Waals surface area contributed by atoms with Gasteiger partial charge in [0, 0.05) is 19.3 Å². The summed E-state index contributed by atoms with van der Waals surface area (Å²) < 4.78 is 11.1. The van der Waals surface area contributed by atoms with Crippen molar-refractivity contribution in [2.45, 2.75) is 19.6 Å². The Morgan fingerprint density at radius 1 is 1.10 bits per heavy atom. The third-order valence-corrected chi connectivity index (χ3v) is 5.25. The van der Waals surface area contributed by atoms with E-state index in [-0.39, 0.29) is 11.8 Å². The molecule has 1 saturated heterocycles. The third-order valence-electron chi connectivity index (χ3n) is 5.25. The highest BCUT2D eigenvalue weighted by Gasteiger charge is 2.39. The number of rotatable bonds is 7. The number of amides is 2. The van der Waals surface area contributed by atoms with Gasteiger partial charge in [-0.1, -0.05) is 30.3 Å². The summed E-state index contributed by atoms with van der Waals surface area (Å²) in [6.07, 6.45) is 2.08. The Labute approximate surface area is 175 Å². The summed E-state index contributed by atoms with van der Waals surface area (Å²) in [6.45, 7) is 1.36. The Hall–Kier alpha value is -3.54. The maximum absolute atomic E-state index is 12.9. The van der Waals surface area contributed by atoms with Crippen LogP contribution in [0.2, 0.25) is 0 Å². The molecule has 0 N–H and O–H groups in total. The Morgan fingerprint density at radius 3 is 2.57 bits per heavy atom. The minimum atomic E-state index is -0.654. The zero-order chi connectivity index (χ0) is 20.9. The van der Waals surface area contributed by atoms with Crippen LogP contribution >= 0.6 is 0 Å². The molecule has 4 rings (SSSR count). The predicted octanol–water partition coefficient (Wildman–Crippen LogP) is 3.87. The number of carbonyl (C=O) groups is 2. The summed E-state index contributed by atoms with van der Waals surface area (Å²) >= 11 is 0. The number of ether oxygens (including phenoxy) is 1. The first kappa shape index (κ1) is 19.8. The van der Waals surface area contributed by atoms with Crippen molar-refractivity contribution >= 4 is 17.5 Å². The van der Waals surface area contributed by atoms with E-state index in [1.165, 1.54) is 0 Å². The van der Waals surface area contributed by atoms with Crippen LogP contribution in [-0.4, -0.2) is 30.3 Å². The number of carbonyl (C=O) groups excluding carboxylic acids is 2. The van der Waals surface area contributed by atoms with E-state index in [9.17, 15) is 9.59 Å². The molecule has 0 saturated carbocycles. The standard InChI is InChI=1S/C24H24N2O4/c1-25(16-21-8-5-15-29-21)23(27)22-13-14-26(24(22)28)19-9-11-20(12-10-19)30-17-18-6-3-2-4-7-18/h2-12,15,22H,13-14,16-17H2,1H3. The van der Waals surface area contributed by atoms with Gasteiger partial charge in [-0.05, 0) is 48.4 Å². The van der Waals surface area contributed by atoms with Crippen LogP contribution in [0.25, 0.3) is 0 Å². The Balaban J connectivity index is 1.35. The molecule has 0 radical (unpaired) electrons. The van der Waals surface area contributed by atoms with Crippen molar-refractivity contribution in [1.29, 1.82) is 0 Å². The molecule has 3 aromatic rings. The van der Waals surface area contributed by atoms with Crippen LogP contribution in [0.3, 0.4) is 0 Å². The van der Waals surface area contributed by atoms with Crippen LogP contribution < -0.4 is 9.64 Å². The van der Waals surface area contributed by atoms with E-state index >= 15 is 0 Å². The van der Waals surface area contributed by atoms with Crippen molar-refractivity contribution in [2.75, 3.05) is 18.5 Å². The number of anilines is 1. The summed E-state index contributed by atoms with van der Waals surface area (Å²) in [4.78, 5) is 28.8. The van der Waals surface area contributed by atoms with E-state index in [2.05, 4.69) is 0 Å². The Kier molecular flexibility index (Phi) is 5.84. The molecule has 154 valence electrons. The quantitative estimate of drug-likeness (QED) is 0.561. The molecule has 30 heavy (non-hydrogen) atoms. The fourth-order valence-electron chi connectivity index (χ4n) is 3.61. The normalized spacial score (nSPS) is 16.0. The molecule has 0 bridgehead atoms. The second kappa shape index (κ2) is 8.86. The Bertz CT molecular complexity index is 984. The fraction of sp³-hybridized carbons (Fsp3) is 0.250. The summed E-state index contributed by atoms with van der Waals surface area (Å²) in [7, 11) is 1.69. The summed E-state index contributed by atoms with van der Waals surface area (Å²) in [6, 6.07) is 21.0. The van der Waals surface area contributed by atoms with Gasteiger partial charge in [0.1, 0.15) is 24.0 Å². The molecule has 2 amide bonds. The molecular weight excluding hydrogens is 380 g/mol. The first-order chi connectivity index (χ1) is 14.6. The molecule has 1 aromatic heterocycles. The van der Waals surface area contributed by atoms with Gasteiger partial charge in [-0.25, -0.2) is 0 Å². The summed E-state index contributed by atoms with van der Waals surface area (Å²) in [5.74, 6) is 0.434. The second-order valence-corrected chi connectivity index (χ2v) is 7.37. The SMILES string of the molecule is CN(Cc1ccco1)C(=O)C1CCN(c2ccc(OCc3ccccc3)cc2)C1=O. The van der Waals surface area contributed by atoms with Crippen LogP contribution in [0.15, 0.2) is 77.4 Å². The van der Waals surface area contributed by atoms with Gasteiger partial charge in [0.25, 0.3) is 0 Å². The molecule has 1 aliphatic heterocycles. The van der Waals surface area contributed by atoms with E-state index in [0.29, 0.717) is 31.9 Å². The maximum atomic E-state index is 12.9. The summed E-state index contributed by atoms with van der Waals surface area (Å²) in [5.41, 5.74) is 1.87. The van der Waals surface area contributed by atoms with E-state index in [0.717, 1.165) is 17.0 Å². The highest BCUT2D eigenvalue weighted by molar-refractivity contribution is 6.09. The first-order valence-corrected chi connectivity index (χ1v) is 9.97. The topological polar surface area (TPSA) is 63.0 Å².